The molecule has 0 spiro atoms. The normalized spacial score (nSPS) is 11.1. The molecule has 1 aromatic carbocycles. The van der Waals surface area contributed by atoms with Crippen LogP contribution < -0.4 is 10.9 Å². The third-order valence-corrected chi connectivity index (χ3v) is 4.83. The first kappa shape index (κ1) is 17.5. The standard InChI is InChI=1S/C19H13Cl2N5O/c1-9(22)10-6-13(20)17(14(21)7-10)26-18-11-2-5-24-19(27)16(11)12-8-23-4-3-15(12)25-18/h2-8,22H,1H3,(H,24,27)(H,25,26). The van der Waals surface area contributed by atoms with Gasteiger partial charge in [0.2, 0.25) is 0 Å². The molecule has 0 bridgehead atoms. The monoisotopic (exact) mass is 397 g/mol. The van der Waals surface area contributed by atoms with Crippen molar-refractivity contribution in [2.75, 3.05) is 5.32 Å². The summed E-state index contributed by atoms with van der Waals surface area (Å²) in [6, 6.07) is 6.82. The summed E-state index contributed by atoms with van der Waals surface area (Å²) >= 11 is 12.8. The Morgan fingerprint density at radius 3 is 2.63 bits per heavy atom. The molecule has 0 saturated heterocycles. The molecule has 4 rings (SSSR count). The Bertz CT molecular complexity index is 1260. The van der Waals surface area contributed by atoms with E-state index in [1.165, 1.54) is 0 Å². The minimum atomic E-state index is -0.233. The Morgan fingerprint density at radius 2 is 1.93 bits per heavy atom. The number of halogens is 2. The van der Waals surface area contributed by atoms with Crippen LogP contribution in [0.1, 0.15) is 12.5 Å². The van der Waals surface area contributed by atoms with Gasteiger partial charge in [-0.25, -0.2) is 4.98 Å². The van der Waals surface area contributed by atoms with Gasteiger partial charge >= 0.3 is 0 Å². The van der Waals surface area contributed by atoms with Crippen molar-refractivity contribution < 1.29 is 0 Å². The van der Waals surface area contributed by atoms with Gasteiger partial charge in [0.25, 0.3) is 5.56 Å². The molecule has 0 radical (unpaired) electrons. The number of rotatable bonds is 3. The molecule has 3 aromatic heterocycles. The van der Waals surface area contributed by atoms with Crippen LogP contribution in [0.2, 0.25) is 10.0 Å². The smallest absolute Gasteiger partial charge is 0.256 e. The van der Waals surface area contributed by atoms with Crippen LogP contribution in [0.3, 0.4) is 0 Å². The van der Waals surface area contributed by atoms with Gasteiger partial charge in [-0.2, -0.15) is 0 Å². The summed E-state index contributed by atoms with van der Waals surface area (Å²) in [5, 5.41) is 13.4. The number of pyridine rings is 3. The van der Waals surface area contributed by atoms with Crippen LogP contribution >= 0.6 is 23.2 Å². The molecule has 134 valence electrons. The molecule has 0 saturated carbocycles. The average Bonchev–Trinajstić information content (AvgIpc) is 2.64. The van der Waals surface area contributed by atoms with Gasteiger partial charge in [0.15, 0.2) is 0 Å². The summed E-state index contributed by atoms with van der Waals surface area (Å²) in [6.45, 7) is 1.66. The number of hydrogen-bond acceptors (Lipinski definition) is 5. The second-order valence-corrected chi connectivity index (χ2v) is 6.83. The number of fused-ring (bicyclic) bond motifs is 3. The molecule has 3 heterocycles. The maximum absolute atomic E-state index is 12.4. The van der Waals surface area contributed by atoms with Gasteiger partial charge < -0.3 is 15.7 Å². The highest BCUT2D eigenvalue weighted by Gasteiger charge is 2.15. The largest absolute Gasteiger partial charge is 0.337 e. The minimum absolute atomic E-state index is 0.233. The number of benzene rings is 1. The van der Waals surface area contributed by atoms with E-state index in [9.17, 15) is 4.79 Å². The fourth-order valence-electron chi connectivity index (χ4n) is 2.92. The second kappa shape index (κ2) is 6.64. The van der Waals surface area contributed by atoms with Gasteiger partial charge in [0.1, 0.15) is 5.82 Å². The van der Waals surface area contributed by atoms with E-state index in [1.807, 2.05) is 0 Å². The number of nitrogens with zero attached hydrogens (tertiary/aromatic N) is 2. The maximum atomic E-state index is 12.4. The molecule has 3 N–H and O–H groups in total. The average molecular weight is 398 g/mol. The third kappa shape index (κ3) is 3.03. The van der Waals surface area contributed by atoms with Crippen molar-refractivity contribution in [1.29, 1.82) is 5.41 Å². The number of H-pyrrole nitrogens is 1. The van der Waals surface area contributed by atoms with Crippen molar-refractivity contribution in [3.8, 4) is 0 Å². The van der Waals surface area contributed by atoms with Crippen molar-refractivity contribution in [1.82, 2.24) is 15.0 Å². The quantitative estimate of drug-likeness (QED) is 0.338. The predicted octanol–water partition coefficient (Wildman–Crippen LogP) is 4.91. The summed E-state index contributed by atoms with van der Waals surface area (Å²) in [4.78, 5) is 23.8. The molecule has 0 aliphatic rings. The number of hydrogen-bond donors (Lipinski definition) is 3. The Morgan fingerprint density at radius 1 is 1.19 bits per heavy atom. The third-order valence-electron chi connectivity index (χ3n) is 4.23. The van der Waals surface area contributed by atoms with E-state index < -0.39 is 0 Å². The molecule has 8 heteroatoms. The van der Waals surface area contributed by atoms with Gasteiger partial charge in [-0.05, 0) is 36.8 Å². The second-order valence-electron chi connectivity index (χ2n) is 6.01. The van der Waals surface area contributed by atoms with Crippen LogP contribution in [0.5, 0.6) is 0 Å². The molecule has 27 heavy (non-hydrogen) atoms. The highest BCUT2D eigenvalue weighted by Crippen LogP contribution is 2.36. The van der Waals surface area contributed by atoms with E-state index >= 15 is 0 Å². The molecule has 0 unspecified atom stereocenters. The van der Waals surface area contributed by atoms with E-state index in [2.05, 4.69) is 20.3 Å². The van der Waals surface area contributed by atoms with Gasteiger partial charge in [0, 0.05) is 35.1 Å². The van der Waals surface area contributed by atoms with Crippen molar-refractivity contribution in [3.63, 3.8) is 0 Å². The van der Waals surface area contributed by atoms with E-state index in [1.54, 1.807) is 49.8 Å². The molecular formula is C19H13Cl2N5O. The van der Waals surface area contributed by atoms with Crippen molar-refractivity contribution in [3.05, 3.63) is 68.8 Å². The predicted molar refractivity (Wildman–Crippen MR) is 110 cm³/mol. The Kier molecular flexibility index (Phi) is 4.30. The van der Waals surface area contributed by atoms with Crippen LogP contribution in [-0.4, -0.2) is 20.7 Å². The van der Waals surface area contributed by atoms with Gasteiger partial charge in [0.05, 0.1) is 26.6 Å². The zero-order chi connectivity index (χ0) is 19.1. The highest BCUT2D eigenvalue weighted by atomic mass is 35.5. The maximum Gasteiger partial charge on any atom is 0.256 e. The molecule has 4 aromatic rings. The first-order chi connectivity index (χ1) is 13.0. The number of nitrogens with one attached hydrogen (secondary N) is 3. The number of anilines is 2. The van der Waals surface area contributed by atoms with Crippen LogP contribution in [0.15, 0.2) is 47.7 Å². The molecule has 0 atom stereocenters. The highest BCUT2D eigenvalue weighted by molar-refractivity contribution is 6.40. The van der Waals surface area contributed by atoms with E-state index in [0.29, 0.717) is 54.5 Å². The van der Waals surface area contributed by atoms with Gasteiger partial charge in [-0.3, -0.25) is 9.78 Å². The Balaban J connectivity index is 1.96. The Hall–Kier alpha value is -2.96. The fraction of sp³-hybridized carbons (Fsp3) is 0.0526. The number of aromatic amines is 1. The molecular weight excluding hydrogens is 385 g/mol. The van der Waals surface area contributed by atoms with Crippen molar-refractivity contribution >= 4 is 62.1 Å². The molecule has 0 fully saturated rings. The summed E-state index contributed by atoms with van der Waals surface area (Å²) < 4.78 is 0. The van der Waals surface area contributed by atoms with Crippen molar-refractivity contribution in [2.45, 2.75) is 6.92 Å². The summed E-state index contributed by atoms with van der Waals surface area (Å²) in [5.41, 5.74) is 1.85. The van der Waals surface area contributed by atoms with E-state index in [4.69, 9.17) is 28.6 Å². The van der Waals surface area contributed by atoms with E-state index in [0.717, 1.165) is 0 Å². The molecule has 6 nitrogen and oxygen atoms in total. The lowest BCUT2D eigenvalue weighted by molar-refractivity contribution is 1.27. The van der Waals surface area contributed by atoms with Crippen LogP contribution in [0.4, 0.5) is 11.5 Å². The lowest BCUT2D eigenvalue weighted by Crippen LogP contribution is -2.08. The molecule has 0 aliphatic heterocycles. The lowest BCUT2D eigenvalue weighted by Gasteiger charge is -2.14. The topological polar surface area (TPSA) is 94.5 Å². The summed E-state index contributed by atoms with van der Waals surface area (Å²) in [7, 11) is 0. The zero-order valence-corrected chi connectivity index (χ0v) is 15.6. The van der Waals surface area contributed by atoms with Gasteiger partial charge in [-0.1, -0.05) is 23.2 Å². The summed E-state index contributed by atoms with van der Waals surface area (Å²) in [5.74, 6) is 0.456. The first-order valence-corrected chi connectivity index (χ1v) is 8.78. The molecule has 0 amide bonds. The van der Waals surface area contributed by atoms with E-state index in [-0.39, 0.29) is 5.56 Å². The van der Waals surface area contributed by atoms with Crippen LogP contribution in [0, 0.1) is 5.41 Å². The SMILES string of the molecule is CC(=N)c1cc(Cl)c(Nc2nc3ccncc3c3c(=O)[nH]ccc23)c(Cl)c1. The first-order valence-electron chi connectivity index (χ1n) is 8.02. The fourth-order valence-corrected chi connectivity index (χ4v) is 3.51. The number of aromatic nitrogens is 3. The summed E-state index contributed by atoms with van der Waals surface area (Å²) in [6.07, 6.45) is 4.79. The van der Waals surface area contributed by atoms with Crippen LogP contribution in [0.25, 0.3) is 21.7 Å². The molecule has 0 aliphatic carbocycles. The lowest BCUT2D eigenvalue weighted by atomic mass is 10.1. The van der Waals surface area contributed by atoms with Crippen molar-refractivity contribution in [2.24, 2.45) is 0 Å². The Labute approximate surface area is 163 Å². The minimum Gasteiger partial charge on any atom is -0.337 e. The van der Waals surface area contributed by atoms with Crippen LogP contribution in [-0.2, 0) is 0 Å². The zero-order valence-electron chi connectivity index (χ0n) is 14.1. The van der Waals surface area contributed by atoms with Gasteiger partial charge in [-0.15, -0.1) is 0 Å².